The van der Waals surface area contributed by atoms with Crippen LogP contribution >= 0.6 is 0 Å². The molecule has 0 spiro atoms. The summed E-state index contributed by atoms with van der Waals surface area (Å²) in [4.78, 5) is 20.6. The molecule has 1 aromatic heterocycles. The molecule has 0 fully saturated rings. The minimum Gasteiger partial charge on any atom is -0.550 e. The van der Waals surface area contributed by atoms with Gasteiger partial charge in [-0.3, -0.25) is 0 Å². The molecule has 2 N–H and O–H groups in total. The number of rotatable bonds is 8. The van der Waals surface area contributed by atoms with E-state index in [2.05, 4.69) is 9.88 Å². The summed E-state index contributed by atoms with van der Waals surface area (Å²) in [5.41, 5.74) is 4.88. The first-order chi connectivity index (χ1) is 16.3. The van der Waals surface area contributed by atoms with Gasteiger partial charge in [0, 0.05) is 23.5 Å². The maximum absolute atomic E-state index is 13.8. The van der Waals surface area contributed by atoms with Crippen LogP contribution in [0.4, 0.5) is 10.1 Å². The smallest absolute Gasteiger partial charge is 0.550 e. The molecule has 0 saturated heterocycles. The fourth-order valence-electron chi connectivity index (χ4n) is 3.91. The third kappa shape index (κ3) is 6.58. The number of benzene rings is 3. The van der Waals surface area contributed by atoms with Crippen molar-refractivity contribution >= 4 is 28.3 Å². The average Bonchev–Trinajstić information content (AvgIpc) is 3.11. The number of nitrogens with zero attached hydrogens (tertiary/aromatic N) is 2. The van der Waals surface area contributed by atoms with Gasteiger partial charge in [-0.15, -0.1) is 0 Å². The Morgan fingerprint density at radius 2 is 1.69 bits per heavy atom. The van der Waals surface area contributed by atoms with E-state index in [1.54, 1.807) is 6.07 Å². The topological polar surface area (TPSA) is 91.8 Å². The molecule has 0 atom stereocenters. The van der Waals surface area contributed by atoms with Crippen LogP contribution in [0.1, 0.15) is 28.7 Å². The first-order valence-electron chi connectivity index (χ1n) is 10.9. The van der Waals surface area contributed by atoms with Crippen LogP contribution in [0.15, 0.2) is 71.7 Å². The zero-order chi connectivity index (χ0) is 24.2. The van der Waals surface area contributed by atoms with Gasteiger partial charge in [0.2, 0.25) is 0 Å². The first kappa shape index (κ1) is 26.6. The summed E-state index contributed by atoms with van der Waals surface area (Å²) in [6.45, 7) is 0.805. The monoisotopic (exact) mass is 481 g/mol. The van der Waals surface area contributed by atoms with E-state index < -0.39 is 11.8 Å². The van der Waals surface area contributed by atoms with Crippen molar-refractivity contribution < 1.29 is 49.0 Å². The van der Waals surface area contributed by atoms with E-state index in [-0.39, 0.29) is 41.9 Å². The molecule has 0 aliphatic heterocycles. The molecular weight excluding hydrogens is 456 g/mol. The summed E-state index contributed by atoms with van der Waals surface area (Å²) >= 11 is 0. The average molecular weight is 482 g/mol. The van der Waals surface area contributed by atoms with Gasteiger partial charge in [-0.1, -0.05) is 36.4 Å². The van der Waals surface area contributed by atoms with Crippen LogP contribution in [0.3, 0.4) is 0 Å². The number of aromatic hydroxyl groups is 1. The Bertz CT molecular complexity index is 1350. The molecule has 0 bridgehead atoms. The van der Waals surface area contributed by atoms with E-state index in [0.29, 0.717) is 34.3 Å². The van der Waals surface area contributed by atoms with Gasteiger partial charge < -0.3 is 24.9 Å². The van der Waals surface area contributed by atoms with E-state index in [0.717, 1.165) is 23.2 Å². The SMILES string of the molecule is CN(C)Cc1ccc(N=C(c2ccc(CCC(=O)[O-])cc2)c2c(O)[nH]c3cc(F)ccc23)cc1.[Na+]. The van der Waals surface area contributed by atoms with Gasteiger partial charge in [-0.25, -0.2) is 9.38 Å². The molecule has 1 heterocycles. The number of fused-ring (bicyclic) bond motifs is 1. The van der Waals surface area contributed by atoms with Crippen LogP contribution in [0, 0.1) is 5.82 Å². The predicted octanol–water partition coefficient (Wildman–Crippen LogP) is 0.930. The Balaban J connectivity index is 0.00000342. The van der Waals surface area contributed by atoms with Crippen LogP contribution < -0.4 is 34.7 Å². The molecule has 6 nitrogen and oxygen atoms in total. The number of carboxylic acid groups (broad SMARTS) is 1. The van der Waals surface area contributed by atoms with Crippen LogP contribution in [0.25, 0.3) is 10.9 Å². The van der Waals surface area contributed by atoms with E-state index in [4.69, 9.17) is 4.99 Å². The molecule has 0 amide bonds. The standard InChI is InChI=1S/C27H26FN3O3.Na/c1-31(2)16-18-5-11-21(12-6-18)29-26(19-8-3-17(4-9-19)7-14-24(32)33)25-22-13-10-20(28)15-23(22)30-27(25)34;/h3-6,8-13,15,30,34H,7,14,16H2,1-2H3,(H,32,33);/q;+1/p-1. The zero-order valence-electron chi connectivity index (χ0n) is 20.0. The molecule has 0 unspecified atom stereocenters. The van der Waals surface area contributed by atoms with Crippen molar-refractivity contribution in [2.24, 2.45) is 4.99 Å². The van der Waals surface area contributed by atoms with Gasteiger partial charge in [0.05, 0.1) is 22.5 Å². The predicted molar refractivity (Wildman–Crippen MR) is 129 cm³/mol. The fraction of sp³-hybridized carbons (Fsp3) is 0.185. The van der Waals surface area contributed by atoms with Crippen LogP contribution in [0.2, 0.25) is 0 Å². The number of nitrogens with one attached hydrogen (secondary N) is 1. The zero-order valence-corrected chi connectivity index (χ0v) is 22.0. The van der Waals surface area contributed by atoms with E-state index >= 15 is 0 Å². The second-order valence-corrected chi connectivity index (χ2v) is 8.47. The van der Waals surface area contributed by atoms with Crippen molar-refractivity contribution in [3.05, 3.63) is 94.8 Å². The molecule has 4 rings (SSSR count). The fourth-order valence-corrected chi connectivity index (χ4v) is 3.91. The first-order valence-corrected chi connectivity index (χ1v) is 10.9. The molecule has 3 aromatic carbocycles. The molecule has 0 radical (unpaired) electrons. The number of aromatic nitrogens is 1. The number of H-pyrrole nitrogens is 1. The minimum atomic E-state index is -1.10. The Kier molecular flexibility index (Phi) is 8.86. The third-order valence-corrected chi connectivity index (χ3v) is 5.50. The van der Waals surface area contributed by atoms with Crippen molar-refractivity contribution in [1.29, 1.82) is 0 Å². The Hall–Kier alpha value is -2.97. The Morgan fingerprint density at radius 1 is 1.03 bits per heavy atom. The van der Waals surface area contributed by atoms with Crippen molar-refractivity contribution in [1.82, 2.24) is 9.88 Å². The van der Waals surface area contributed by atoms with Crippen molar-refractivity contribution in [2.75, 3.05) is 14.1 Å². The molecule has 0 saturated carbocycles. The maximum Gasteiger partial charge on any atom is 1.00 e. The molecule has 174 valence electrons. The Morgan fingerprint density at radius 3 is 2.31 bits per heavy atom. The number of hydrogen-bond donors (Lipinski definition) is 2. The van der Waals surface area contributed by atoms with Crippen molar-refractivity contribution in [3.63, 3.8) is 0 Å². The van der Waals surface area contributed by atoms with E-state index in [9.17, 15) is 19.4 Å². The summed E-state index contributed by atoms with van der Waals surface area (Å²) in [7, 11) is 4.01. The summed E-state index contributed by atoms with van der Waals surface area (Å²) in [6, 6.07) is 19.5. The van der Waals surface area contributed by atoms with Crippen molar-refractivity contribution in [2.45, 2.75) is 19.4 Å². The second-order valence-electron chi connectivity index (χ2n) is 8.47. The summed E-state index contributed by atoms with van der Waals surface area (Å²) < 4.78 is 13.8. The van der Waals surface area contributed by atoms with Crippen LogP contribution in [-0.4, -0.2) is 40.8 Å². The Labute approximate surface area is 225 Å². The quantitative estimate of drug-likeness (QED) is 0.289. The molecular formula is C27H25FN3NaO3. The van der Waals surface area contributed by atoms with Crippen molar-refractivity contribution in [3.8, 4) is 5.88 Å². The largest absolute Gasteiger partial charge is 1.00 e. The number of aryl methyl sites for hydroxylation is 1. The molecule has 0 aliphatic carbocycles. The van der Waals surface area contributed by atoms with Gasteiger partial charge in [0.25, 0.3) is 0 Å². The van der Waals surface area contributed by atoms with Gasteiger partial charge >= 0.3 is 29.6 Å². The normalized spacial score (nSPS) is 11.6. The third-order valence-electron chi connectivity index (χ3n) is 5.50. The van der Waals surface area contributed by atoms with Gasteiger partial charge in [0.15, 0.2) is 5.88 Å². The summed E-state index contributed by atoms with van der Waals surface area (Å²) in [5.74, 6) is -1.61. The summed E-state index contributed by atoms with van der Waals surface area (Å²) in [5, 5.41) is 22.2. The number of aliphatic imine (C=N–C) groups is 1. The maximum atomic E-state index is 13.8. The number of halogens is 1. The van der Waals surface area contributed by atoms with Crippen LogP contribution in [0.5, 0.6) is 5.88 Å². The molecule has 4 aromatic rings. The number of carbonyl (C=O) groups excluding carboxylic acids is 1. The number of carbonyl (C=O) groups is 1. The van der Waals surface area contributed by atoms with E-state index in [1.807, 2.05) is 62.6 Å². The van der Waals surface area contributed by atoms with Gasteiger partial charge in [-0.05, 0) is 68.4 Å². The summed E-state index contributed by atoms with van der Waals surface area (Å²) in [6.07, 6.45) is 0.300. The molecule has 35 heavy (non-hydrogen) atoms. The second kappa shape index (κ2) is 11.6. The van der Waals surface area contributed by atoms with Crippen LogP contribution in [-0.2, 0) is 17.8 Å². The van der Waals surface area contributed by atoms with E-state index in [1.165, 1.54) is 12.1 Å². The number of hydrogen-bond acceptors (Lipinski definition) is 5. The minimum absolute atomic E-state index is 0. The molecule has 8 heteroatoms. The molecule has 0 aliphatic rings. The van der Waals surface area contributed by atoms with Gasteiger partial charge in [-0.2, -0.15) is 0 Å². The number of aromatic amines is 1. The number of aliphatic carboxylic acids is 1. The number of carboxylic acids is 1. The van der Waals surface area contributed by atoms with Gasteiger partial charge in [0.1, 0.15) is 5.82 Å².